The molecule has 0 saturated carbocycles. The molecule has 0 atom stereocenters. The van der Waals surface area contributed by atoms with Gasteiger partial charge >= 0.3 is 0 Å². The van der Waals surface area contributed by atoms with E-state index in [1.807, 2.05) is 24.4 Å². The van der Waals surface area contributed by atoms with Crippen LogP contribution in [0.25, 0.3) is 0 Å². The molecule has 0 saturated heterocycles. The molecule has 1 N–H and O–H groups in total. The predicted octanol–water partition coefficient (Wildman–Crippen LogP) is 1.50. The van der Waals surface area contributed by atoms with Crippen LogP contribution in [0.3, 0.4) is 0 Å². The molecule has 0 radical (unpaired) electrons. The van der Waals surface area contributed by atoms with Crippen molar-refractivity contribution in [3.63, 3.8) is 0 Å². The molecule has 7 nitrogen and oxygen atoms in total. The van der Waals surface area contributed by atoms with E-state index in [1.54, 1.807) is 29.0 Å². The molecule has 0 fully saturated rings. The van der Waals surface area contributed by atoms with E-state index in [-0.39, 0.29) is 6.61 Å². The van der Waals surface area contributed by atoms with Crippen LogP contribution in [0.5, 0.6) is 0 Å². The van der Waals surface area contributed by atoms with Crippen LogP contribution in [0.15, 0.2) is 69.2 Å². The van der Waals surface area contributed by atoms with Crippen LogP contribution < -0.4 is 5.49 Å². The van der Waals surface area contributed by atoms with Crippen LogP contribution in [0, 0.1) is 0 Å². The van der Waals surface area contributed by atoms with Crippen molar-refractivity contribution in [1.82, 2.24) is 9.55 Å². The number of rotatable bonds is 5. The topological polar surface area (TPSA) is 87.5 Å². The summed E-state index contributed by atoms with van der Waals surface area (Å²) in [6, 6.07) is 10.9. The smallest absolute Gasteiger partial charge is 0.174 e. The Bertz CT molecular complexity index is 647. The van der Waals surface area contributed by atoms with E-state index >= 15 is 0 Å². The van der Waals surface area contributed by atoms with Crippen molar-refractivity contribution in [1.29, 1.82) is 0 Å². The molecule has 7 heteroatoms. The number of azo groups is 1. The fourth-order valence-electron chi connectivity index (χ4n) is 1.46. The first-order valence-electron chi connectivity index (χ1n) is 6.04. The molecule has 0 aliphatic heterocycles. The normalized spacial score (nSPS) is 12.6. The first kappa shape index (κ1) is 13.8. The summed E-state index contributed by atoms with van der Waals surface area (Å²) < 4.78 is 1.78. The lowest BCUT2D eigenvalue weighted by atomic mass is 10.4. The van der Waals surface area contributed by atoms with Gasteiger partial charge < -0.3 is 9.67 Å². The quantitative estimate of drug-likeness (QED) is 0.386. The third-order valence-electron chi connectivity index (χ3n) is 2.33. The Morgan fingerprint density at radius 3 is 2.90 bits per heavy atom. The highest BCUT2D eigenvalue weighted by atomic mass is 16.3. The zero-order valence-electron chi connectivity index (χ0n) is 10.7. The maximum absolute atomic E-state index is 8.94. The number of pyridine rings is 2. The molecule has 0 aromatic carbocycles. The van der Waals surface area contributed by atoms with E-state index in [1.165, 1.54) is 6.34 Å². The Kier molecular flexibility index (Phi) is 5.29. The highest BCUT2D eigenvalue weighted by Gasteiger charge is 1.89. The number of nitrogens with zero attached hydrogens (tertiary/aromatic N) is 6. The molecule has 20 heavy (non-hydrogen) atoms. The van der Waals surface area contributed by atoms with Gasteiger partial charge in [0.25, 0.3) is 0 Å². The number of hydrogen-bond acceptors (Lipinski definition) is 5. The van der Waals surface area contributed by atoms with E-state index in [0.717, 1.165) is 0 Å². The van der Waals surface area contributed by atoms with Gasteiger partial charge in [-0.1, -0.05) is 12.1 Å². The van der Waals surface area contributed by atoms with E-state index in [4.69, 9.17) is 5.11 Å². The van der Waals surface area contributed by atoms with Crippen molar-refractivity contribution in [3.05, 3.63) is 54.3 Å². The molecule has 102 valence electrons. The van der Waals surface area contributed by atoms with Gasteiger partial charge in [-0.05, 0) is 24.3 Å². The average Bonchev–Trinajstić information content (AvgIpc) is 2.50. The second kappa shape index (κ2) is 7.70. The average molecular weight is 270 g/mol. The minimum atomic E-state index is 0.0420. The number of aromatic nitrogens is 2. The molecule has 2 aromatic heterocycles. The van der Waals surface area contributed by atoms with E-state index < -0.39 is 0 Å². The maximum Gasteiger partial charge on any atom is 0.174 e. The number of aliphatic hydroxyl groups is 1. The van der Waals surface area contributed by atoms with Gasteiger partial charge in [-0.2, -0.15) is 0 Å². The zero-order valence-corrected chi connectivity index (χ0v) is 10.7. The van der Waals surface area contributed by atoms with Crippen molar-refractivity contribution in [3.8, 4) is 0 Å². The summed E-state index contributed by atoms with van der Waals surface area (Å²) in [5.41, 5.74) is 0.630. The summed E-state index contributed by atoms with van der Waals surface area (Å²) in [5.74, 6) is 0.508. The van der Waals surface area contributed by atoms with Crippen LogP contribution in [0.2, 0.25) is 0 Å². The predicted molar refractivity (Wildman–Crippen MR) is 74.3 cm³/mol. The van der Waals surface area contributed by atoms with Gasteiger partial charge in [0.1, 0.15) is 0 Å². The molecule has 0 unspecified atom stereocenters. The fraction of sp³-hybridized carbons (Fsp3) is 0.154. The first-order chi connectivity index (χ1) is 9.90. The molecule has 0 aliphatic carbocycles. The van der Waals surface area contributed by atoms with Crippen molar-refractivity contribution >= 4 is 12.2 Å². The van der Waals surface area contributed by atoms with Gasteiger partial charge in [0.05, 0.1) is 6.61 Å². The van der Waals surface area contributed by atoms with Crippen LogP contribution in [-0.4, -0.2) is 27.6 Å². The molecule has 0 spiro atoms. The van der Waals surface area contributed by atoms with Crippen molar-refractivity contribution in [2.45, 2.75) is 6.54 Å². The Morgan fingerprint density at radius 1 is 1.20 bits per heavy atom. The summed E-state index contributed by atoms with van der Waals surface area (Å²) in [6.45, 7) is 0.505. The van der Waals surface area contributed by atoms with Crippen LogP contribution in [0.4, 0.5) is 5.82 Å². The van der Waals surface area contributed by atoms with Crippen LogP contribution >= 0.6 is 0 Å². The van der Waals surface area contributed by atoms with Crippen molar-refractivity contribution in [2.24, 2.45) is 20.4 Å². The highest BCUT2D eigenvalue weighted by Crippen LogP contribution is 2.04. The minimum Gasteiger partial charge on any atom is -0.395 e. The third kappa shape index (κ3) is 4.21. The third-order valence-corrected chi connectivity index (χ3v) is 2.33. The van der Waals surface area contributed by atoms with Gasteiger partial charge in [0, 0.05) is 18.9 Å². The first-order valence-corrected chi connectivity index (χ1v) is 6.04. The lowest BCUT2D eigenvalue weighted by Gasteiger charge is -2.02. The summed E-state index contributed by atoms with van der Waals surface area (Å²) in [7, 11) is 0. The lowest BCUT2D eigenvalue weighted by molar-refractivity contribution is 0.273. The zero-order chi connectivity index (χ0) is 14.0. The standard InChI is InChI=1S/C13H14N6O/c20-10-9-19-8-4-2-6-13(19)18-16-11-15-17-12-5-1-3-7-14-12/h1-8,11,20H,9-10H2/b16-11+,17-15?,18-13+. The Labute approximate surface area is 115 Å². The summed E-state index contributed by atoms with van der Waals surface area (Å²) >= 11 is 0. The molecule has 2 heterocycles. The molecule has 0 bridgehead atoms. The second-order valence-electron chi connectivity index (χ2n) is 3.71. The van der Waals surface area contributed by atoms with Crippen molar-refractivity contribution in [2.75, 3.05) is 6.61 Å². The minimum absolute atomic E-state index is 0.0420. The SMILES string of the molecule is OCCn1cccc/c1=N\N=C\N=Nc1ccccn1. The van der Waals surface area contributed by atoms with E-state index in [9.17, 15) is 0 Å². The van der Waals surface area contributed by atoms with E-state index in [0.29, 0.717) is 17.9 Å². The number of aliphatic hydroxyl groups excluding tert-OH is 1. The second-order valence-corrected chi connectivity index (χ2v) is 3.71. The van der Waals surface area contributed by atoms with E-state index in [2.05, 4.69) is 25.4 Å². The summed E-state index contributed by atoms with van der Waals surface area (Å²) in [6.07, 6.45) is 4.70. The highest BCUT2D eigenvalue weighted by molar-refractivity contribution is 5.54. The fourth-order valence-corrected chi connectivity index (χ4v) is 1.46. The Balaban J connectivity index is 2.06. The summed E-state index contributed by atoms with van der Waals surface area (Å²) in [4.78, 5) is 3.99. The molecular weight excluding hydrogens is 256 g/mol. The molecule has 0 amide bonds. The Hall–Kier alpha value is -2.67. The molecular formula is C13H14N6O. The molecule has 2 aromatic rings. The van der Waals surface area contributed by atoms with Crippen LogP contribution in [0.1, 0.15) is 0 Å². The lowest BCUT2D eigenvalue weighted by Crippen LogP contribution is -2.20. The Morgan fingerprint density at radius 2 is 2.10 bits per heavy atom. The number of hydrogen-bond donors (Lipinski definition) is 1. The largest absolute Gasteiger partial charge is 0.395 e. The van der Waals surface area contributed by atoms with Gasteiger partial charge in [-0.3, -0.25) is 0 Å². The van der Waals surface area contributed by atoms with Crippen LogP contribution in [-0.2, 0) is 6.54 Å². The van der Waals surface area contributed by atoms with Gasteiger partial charge in [-0.15, -0.1) is 20.4 Å². The van der Waals surface area contributed by atoms with Gasteiger partial charge in [0.15, 0.2) is 17.6 Å². The molecule has 0 aliphatic rings. The molecule has 2 rings (SSSR count). The summed E-state index contributed by atoms with van der Waals surface area (Å²) in [5, 5.41) is 24.4. The maximum atomic E-state index is 8.94. The van der Waals surface area contributed by atoms with Gasteiger partial charge in [-0.25, -0.2) is 4.98 Å². The van der Waals surface area contributed by atoms with Gasteiger partial charge in [0.2, 0.25) is 0 Å². The van der Waals surface area contributed by atoms with Crippen molar-refractivity contribution < 1.29 is 5.11 Å². The monoisotopic (exact) mass is 270 g/mol.